The van der Waals surface area contributed by atoms with Crippen molar-refractivity contribution >= 4 is 40.8 Å². The maximum atomic E-state index is 6.62. The molecule has 2 heterocycles. The van der Waals surface area contributed by atoms with Gasteiger partial charge in [-0.05, 0) is 69.7 Å². The minimum Gasteiger partial charge on any atom is -0.308 e. The van der Waals surface area contributed by atoms with Crippen LogP contribution in [0.4, 0.5) is 5.69 Å². The van der Waals surface area contributed by atoms with Gasteiger partial charge in [0.2, 0.25) is 0 Å². The molecule has 0 aromatic heterocycles. The number of rotatable bonds is 9. The van der Waals surface area contributed by atoms with Crippen LogP contribution in [0, 0.1) is 0 Å². The van der Waals surface area contributed by atoms with E-state index >= 15 is 0 Å². The Labute approximate surface area is 212 Å². The fourth-order valence-corrected chi connectivity index (χ4v) is 6.07. The number of nitrogens with one attached hydrogen (secondary N) is 1. The van der Waals surface area contributed by atoms with E-state index in [4.69, 9.17) is 11.6 Å². The van der Waals surface area contributed by atoms with Crippen LogP contribution in [0.1, 0.15) is 17.2 Å². The van der Waals surface area contributed by atoms with E-state index in [-0.39, 0.29) is 6.04 Å². The molecule has 176 valence electrons. The Morgan fingerprint density at radius 1 is 1.12 bits per heavy atom. The van der Waals surface area contributed by atoms with E-state index in [2.05, 4.69) is 90.1 Å². The van der Waals surface area contributed by atoms with E-state index in [0.29, 0.717) is 5.25 Å². The molecule has 7 heteroatoms. The van der Waals surface area contributed by atoms with E-state index in [1.165, 1.54) is 21.1 Å². The molecule has 2 atom stereocenters. The molecule has 2 aliphatic rings. The van der Waals surface area contributed by atoms with Crippen LogP contribution in [0.3, 0.4) is 0 Å². The largest absolute Gasteiger partial charge is 0.308 e. The lowest BCUT2D eigenvalue weighted by molar-refractivity contribution is 0.270. The minimum absolute atomic E-state index is 0.226. The van der Waals surface area contributed by atoms with Crippen molar-refractivity contribution in [3.8, 4) is 0 Å². The fraction of sp³-hybridized carbons (Fsp3) is 0.385. The first-order valence-electron chi connectivity index (χ1n) is 11.3. The first kappa shape index (κ1) is 24.7. The van der Waals surface area contributed by atoms with Gasteiger partial charge in [0, 0.05) is 34.7 Å². The summed E-state index contributed by atoms with van der Waals surface area (Å²) >= 11 is 10.4. The first-order valence-corrected chi connectivity index (χ1v) is 13.8. The number of hydrogen-bond donors (Lipinski definition) is 1. The van der Waals surface area contributed by atoms with E-state index in [0.717, 1.165) is 36.8 Å². The third kappa shape index (κ3) is 6.18. The van der Waals surface area contributed by atoms with Crippen molar-refractivity contribution in [1.29, 1.82) is 0 Å². The van der Waals surface area contributed by atoms with Crippen LogP contribution in [-0.4, -0.2) is 62.9 Å². The zero-order valence-electron chi connectivity index (χ0n) is 19.8. The van der Waals surface area contributed by atoms with Gasteiger partial charge in [-0.2, -0.15) is 0 Å². The van der Waals surface area contributed by atoms with Crippen LogP contribution in [-0.2, 0) is 0 Å². The van der Waals surface area contributed by atoms with Crippen molar-refractivity contribution in [1.82, 2.24) is 15.2 Å². The number of anilines is 1. The Morgan fingerprint density at radius 3 is 2.70 bits per heavy atom. The molecule has 0 aliphatic carbocycles. The molecule has 0 bridgehead atoms. The summed E-state index contributed by atoms with van der Waals surface area (Å²) < 4.78 is 0. The van der Waals surface area contributed by atoms with Crippen LogP contribution in [0.5, 0.6) is 0 Å². The molecule has 0 fully saturated rings. The molecular formula is C26H33ClN4S2. The van der Waals surface area contributed by atoms with Crippen molar-refractivity contribution in [2.24, 2.45) is 0 Å². The number of hydrazine groups is 1. The first-order chi connectivity index (χ1) is 15.9. The van der Waals surface area contributed by atoms with Crippen molar-refractivity contribution < 1.29 is 0 Å². The number of likely N-dealkylation sites (N-methyl/N-ethyl adjacent to an activating group) is 2. The smallest absolute Gasteiger partial charge is 0.0764 e. The Hall–Kier alpha value is -1.41. The van der Waals surface area contributed by atoms with Crippen molar-refractivity contribution in [2.75, 3.05) is 52.0 Å². The second-order valence-corrected chi connectivity index (χ2v) is 11.4. The van der Waals surface area contributed by atoms with E-state index in [1.807, 2.05) is 30.0 Å². The average molecular weight is 501 g/mol. The third-order valence-corrected chi connectivity index (χ3v) is 8.35. The van der Waals surface area contributed by atoms with Gasteiger partial charge in [0.1, 0.15) is 0 Å². The summed E-state index contributed by atoms with van der Waals surface area (Å²) in [5.74, 6) is 0. The number of halogens is 1. The summed E-state index contributed by atoms with van der Waals surface area (Å²) in [6.07, 6.45) is 7.93. The Balaban J connectivity index is 1.53. The summed E-state index contributed by atoms with van der Waals surface area (Å²) in [4.78, 5) is 7.25. The number of thioether (sulfide) groups is 2. The van der Waals surface area contributed by atoms with Crippen molar-refractivity contribution in [3.63, 3.8) is 0 Å². The molecule has 0 amide bonds. The number of nitrogens with zero attached hydrogens (tertiary/aromatic N) is 3. The molecule has 4 nitrogen and oxygen atoms in total. The highest BCUT2D eigenvalue weighted by Crippen LogP contribution is 2.49. The zero-order valence-corrected chi connectivity index (χ0v) is 22.2. The van der Waals surface area contributed by atoms with Crippen molar-refractivity contribution in [2.45, 2.75) is 22.6 Å². The van der Waals surface area contributed by atoms with Crippen LogP contribution < -0.4 is 10.4 Å². The highest BCUT2D eigenvalue weighted by molar-refractivity contribution is 8.03. The van der Waals surface area contributed by atoms with Gasteiger partial charge in [0.15, 0.2) is 0 Å². The van der Waals surface area contributed by atoms with E-state index < -0.39 is 0 Å². The number of para-hydroxylation sites is 1. The predicted molar refractivity (Wildman–Crippen MR) is 146 cm³/mol. The van der Waals surface area contributed by atoms with Crippen molar-refractivity contribution in [3.05, 3.63) is 81.9 Å². The van der Waals surface area contributed by atoms with Crippen LogP contribution in [0.15, 0.2) is 76.2 Å². The Morgan fingerprint density at radius 2 is 1.94 bits per heavy atom. The number of benzene rings is 2. The number of allylic oxidation sites excluding steroid dienone is 1. The second-order valence-electron chi connectivity index (χ2n) is 8.83. The van der Waals surface area contributed by atoms with E-state index in [1.54, 1.807) is 11.8 Å². The summed E-state index contributed by atoms with van der Waals surface area (Å²) in [5, 5.41) is 3.39. The standard InChI is InChI=1S/C26H33ClN4S2/c1-29(2)14-15-30(3)18-20-17-24(31(28-20)23-11-6-5-10-22(23)27)26-13-12-25(33-26)19-8-7-9-21(16-19)32-4/h5-11,13,16-17,20,25,28H,12,14-15,18H2,1-4H3. The van der Waals surface area contributed by atoms with Gasteiger partial charge >= 0.3 is 0 Å². The summed E-state index contributed by atoms with van der Waals surface area (Å²) in [7, 11) is 6.43. The quantitative estimate of drug-likeness (QED) is 0.430. The molecule has 2 unspecified atom stereocenters. The lowest BCUT2D eigenvalue weighted by Gasteiger charge is -2.27. The average Bonchev–Trinajstić information content (AvgIpc) is 3.45. The highest BCUT2D eigenvalue weighted by Gasteiger charge is 2.32. The lowest BCUT2D eigenvalue weighted by atomic mass is 10.1. The SMILES string of the molecule is CSc1cccc(C2CC=C(C3=CC(CN(C)CCN(C)C)NN3c3ccccc3Cl)S2)c1. The predicted octanol–water partition coefficient (Wildman–Crippen LogP) is 5.89. The van der Waals surface area contributed by atoms with Crippen LogP contribution >= 0.6 is 35.1 Å². The normalized spacial score (nSPS) is 20.6. The fourth-order valence-electron chi connectivity index (χ4n) is 4.13. The summed E-state index contributed by atoms with van der Waals surface area (Å²) in [6, 6.07) is 17.2. The maximum Gasteiger partial charge on any atom is 0.0764 e. The van der Waals surface area contributed by atoms with Gasteiger partial charge in [-0.25, -0.2) is 5.43 Å². The van der Waals surface area contributed by atoms with Gasteiger partial charge in [-0.1, -0.05) is 41.9 Å². The molecule has 0 saturated heterocycles. The minimum atomic E-state index is 0.226. The molecule has 2 aromatic rings. The topological polar surface area (TPSA) is 21.8 Å². The molecule has 2 aliphatic heterocycles. The second kappa shape index (κ2) is 11.3. The van der Waals surface area contributed by atoms with E-state index in [9.17, 15) is 0 Å². The molecule has 0 spiro atoms. The molecule has 0 radical (unpaired) electrons. The molecule has 33 heavy (non-hydrogen) atoms. The highest BCUT2D eigenvalue weighted by atomic mass is 35.5. The Kier molecular flexibility index (Phi) is 8.49. The lowest BCUT2D eigenvalue weighted by Crippen LogP contribution is -2.44. The van der Waals surface area contributed by atoms with Gasteiger partial charge in [0.25, 0.3) is 0 Å². The van der Waals surface area contributed by atoms with Crippen LogP contribution in [0.2, 0.25) is 5.02 Å². The number of hydrogen-bond acceptors (Lipinski definition) is 6. The third-order valence-electron chi connectivity index (χ3n) is 5.93. The van der Waals surface area contributed by atoms with Gasteiger partial charge in [0.05, 0.1) is 22.4 Å². The molecule has 1 N–H and O–H groups in total. The maximum absolute atomic E-state index is 6.62. The molecule has 4 rings (SSSR count). The van der Waals surface area contributed by atoms with Gasteiger partial charge < -0.3 is 9.80 Å². The zero-order chi connectivity index (χ0) is 23.4. The molecule has 0 saturated carbocycles. The molecule has 2 aromatic carbocycles. The van der Waals surface area contributed by atoms with Gasteiger partial charge in [-0.15, -0.1) is 23.5 Å². The summed E-state index contributed by atoms with van der Waals surface area (Å²) in [5.41, 5.74) is 7.32. The molecular weight excluding hydrogens is 468 g/mol. The monoisotopic (exact) mass is 500 g/mol. The Bertz CT molecular complexity index is 1020. The van der Waals surface area contributed by atoms with Crippen LogP contribution in [0.25, 0.3) is 0 Å². The summed E-state index contributed by atoms with van der Waals surface area (Å²) in [6.45, 7) is 3.02. The van der Waals surface area contributed by atoms with Gasteiger partial charge in [-0.3, -0.25) is 5.01 Å².